The van der Waals surface area contributed by atoms with Crippen LogP contribution in [0, 0.1) is 3.57 Å². The average Bonchev–Trinajstić information content (AvgIpc) is 2.77. The van der Waals surface area contributed by atoms with Crippen LogP contribution in [0.5, 0.6) is 0 Å². The third-order valence-corrected chi connectivity index (χ3v) is 4.21. The van der Waals surface area contributed by atoms with E-state index in [1.165, 1.54) is 3.57 Å². The largest absolute Gasteiger partial charge is 0.385 e. The molecule has 1 atom stereocenters. The molecule has 1 aliphatic heterocycles. The van der Waals surface area contributed by atoms with Gasteiger partial charge in [-0.2, -0.15) is 0 Å². The zero-order chi connectivity index (χ0) is 12.1. The zero-order valence-electron chi connectivity index (χ0n) is 9.65. The van der Waals surface area contributed by atoms with Gasteiger partial charge in [0.15, 0.2) is 5.17 Å². The highest BCUT2D eigenvalue weighted by molar-refractivity contribution is 14.1. The fraction of sp³-hybridized carbons (Fsp3) is 0.417. The Morgan fingerprint density at radius 2 is 2.24 bits per heavy atom. The summed E-state index contributed by atoms with van der Waals surface area (Å²) in [7, 11) is 1.73. The predicted octanol–water partition coefficient (Wildman–Crippen LogP) is 3.21. The summed E-state index contributed by atoms with van der Waals surface area (Å²) in [5.74, 6) is 1.05. The molecule has 0 amide bonds. The minimum absolute atomic E-state index is 0.395. The SMILES string of the molecule is COCCC1CSC(Nc2ccc(I)cc2)=N1. The van der Waals surface area contributed by atoms with Gasteiger partial charge >= 0.3 is 0 Å². The van der Waals surface area contributed by atoms with Gasteiger partial charge in [-0.15, -0.1) is 0 Å². The van der Waals surface area contributed by atoms with Crippen molar-refractivity contribution in [1.29, 1.82) is 0 Å². The number of anilines is 1. The molecule has 2 rings (SSSR count). The van der Waals surface area contributed by atoms with E-state index in [2.05, 4.69) is 57.2 Å². The molecule has 0 saturated carbocycles. The fourth-order valence-electron chi connectivity index (χ4n) is 1.54. The smallest absolute Gasteiger partial charge is 0.161 e. The van der Waals surface area contributed by atoms with Crippen LogP contribution in [0.2, 0.25) is 0 Å². The third kappa shape index (κ3) is 4.15. The molecule has 1 unspecified atom stereocenters. The lowest BCUT2D eigenvalue weighted by Gasteiger charge is -2.04. The van der Waals surface area contributed by atoms with E-state index in [0.29, 0.717) is 6.04 Å². The highest BCUT2D eigenvalue weighted by atomic mass is 127. The van der Waals surface area contributed by atoms with Crippen molar-refractivity contribution in [2.45, 2.75) is 12.5 Å². The van der Waals surface area contributed by atoms with Crippen LogP contribution in [-0.2, 0) is 4.74 Å². The second-order valence-corrected chi connectivity index (χ2v) is 6.07. The Labute approximate surface area is 120 Å². The van der Waals surface area contributed by atoms with Crippen LogP contribution in [-0.4, -0.2) is 30.7 Å². The molecule has 0 aromatic heterocycles. The molecule has 5 heteroatoms. The average molecular weight is 362 g/mol. The summed E-state index contributed by atoms with van der Waals surface area (Å²) in [5, 5.41) is 4.36. The third-order valence-electron chi connectivity index (χ3n) is 2.46. The van der Waals surface area contributed by atoms with Gasteiger partial charge in [-0.25, -0.2) is 0 Å². The molecule has 1 aliphatic rings. The zero-order valence-corrected chi connectivity index (χ0v) is 12.6. The van der Waals surface area contributed by atoms with Crippen LogP contribution < -0.4 is 5.32 Å². The number of hydrogen-bond donors (Lipinski definition) is 1. The predicted molar refractivity (Wildman–Crippen MR) is 83.0 cm³/mol. The lowest BCUT2D eigenvalue weighted by atomic mass is 10.2. The molecule has 0 fully saturated rings. The van der Waals surface area contributed by atoms with Crippen molar-refractivity contribution < 1.29 is 4.74 Å². The number of benzene rings is 1. The van der Waals surface area contributed by atoms with Crippen LogP contribution in [0.1, 0.15) is 6.42 Å². The van der Waals surface area contributed by atoms with Gasteiger partial charge in [0.25, 0.3) is 0 Å². The molecule has 1 aromatic rings. The molecule has 1 N–H and O–H groups in total. The van der Waals surface area contributed by atoms with Crippen molar-refractivity contribution in [3.05, 3.63) is 27.8 Å². The van der Waals surface area contributed by atoms with E-state index in [-0.39, 0.29) is 0 Å². The van der Waals surface area contributed by atoms with Gasteiger partial charge in [0.1, 0.15) is 0 Å². The minimum Gasteiger partial charge on any atom is -0.385 e. The minimum atomic E-state index is 0.395. The molecule has 0 radical (unpaired) electrons. The van der Waals surface area contributed by atoms with E-state index >= 15 is 0 Å². The normalized spacial score (nSPS) is 19.2. The van der Waals surface area contributed by atoms with Crippen LogP contribution >= 0.6 is 34.4 Å². The van der Waals surface area contributed by atoms with Crippen molar-refractivity contribution in [2.75, 3.05) is 24.8 Å². The number of halogens is 1. The van der Waals surface area contributed by atoms with Crippen molar-refractivity contribution >= 4 is 45.2 Å². The molecule has 0 aliphatic carbocycles. The number of rotatable bonds is 4. The monoisotopic (exact) mass is 362 g/mol. The molecular weight excluding hydrogens is 347 g/mol. The molecular formula is C12H15IN2OS. The summed E-state index contributed by atoms with van der Waals surface area (Å²) in [6.07, 6.45) is 1.00. The number of methoxy groups -OCH3 is 1. The van der Waals surface area contributed by atoms with Gasteiger partial charge in [-0.05, 0) is 53.3 Å². The number of aliphatic imine (C=N–C) groups is 1. The van der Waals surface area contributed by atoms with Gasteiger partial charge in [-0.3, -0.25) is 4.99 Å². The Balaban J connectivity index is 1.89. The number of nitrogens with one attached hydrogen (secondary N) is 1. The maximum Gasteiger partial charge on any atom is 0.161 e. The molecule has 0 bridgehead atoms. The Morgan fingerprint density at radius 3 is 2.94 bits per heavy atom. The lowest BCUT2D eigenvalue weighted by molar-refractivity contribution is 0.190. The van der Waals surface area contributed by atoms with E-state index in [0.717, 1.165) is 29.6 Å². The summed E-state index contributed by atoms with van der Waals surface area (Å²) in [6.45, 7) is 0.783. The number of ether oxygens (including phenoxy) is 1. The van der Waals surface area contributed by atoms with Gasteiger partial charge < -0.3 is 10.1 Å². The van der Waals surface area contributed by atoms with E-state index in [1.54, 1.807) is 18.9 Å². The van der Waals surface area contributed by atoms with Crippen molar-refractivity contribution in [1.82, 2.24) is 0 Å². The summed E-state index contributed by atoms with van der Waals surface area (Å²) in [6, 6.07) is 8.73. The van der Waals surface area contributed by atoms with Crippen molar-refractivity contribution in [3.8, 4) is 0 Å². The first-order valence-electron chi connectivity index (χ1n) is 5.50. The highest BCUT2D eigenvalue weighted by Crippen LogP contribution is 2.22. The number of hydrogen-bond acceptors (Lipinski definition) is 4. The van der Waals surface area contributed by atoms with Gasteiger partial charge in [0, 0.05) is 28.7 Å². The van der Waals surface area contributed by atoms with Gasteiger partial charge in [-0.1, -0.05) is 11.8 Å². The first-order chi connectivity index (χ1) is 8.28. The van der Waals surface area contributed by atoms with E-state index in [1.807, 2.05) is 0 Å². The van der Waals surface area contributed by atoms with Crippen molar-refractivity contribution in [3.63, 3.8) is 0 Å². The van der Waals surface area contributed by atoms with Gasteiger partial charge in [0.05, 0.1) is 6.04 Å². The molecule has 17 heavy (non-hydrogen) atoms. The topological polar surface area (TPSA) is 33.6 Å². The maximum absolute atomic E-state index is 5.07. The van der Waals surface area contributed by atoms with Crippen LogP contribution in [0.25, 0.3) is 0 Å². The van der Waals surface area contributed by atoms with E-state index in [4.69, 9.17) is 4.74 Å². The Morgan fingerprint density at radius 1 is 1.47 bits per heavy atom. The first-order valence-corrected chi connectivity index (χ1v) is 7.56. The number of thioether (sulfide) groups is 1. The van der Waals surface area contributed by atoms with Gasteiger partial charge in [0.2, 0.25) is 0 Å². The Hall–Kier alpha value is -0.270. The molecule has 0 saturated heterocycles. The molecule has 1 aromatic carbocycles. The molecule has 92 valence electrons. The van der Waals surface area contributed by atoms with Crippen LogP contribution in [0.4, 0.5) is 5.69 Å². The quantitative estimate of drug-likeness (QED) is 0.836. The number of nitrogens with zero attached hydrogens (tertiary/aromatic N) is 1. The summed E-state index contributed by atoms with van der Waals surface area (Å²) in [4.78, 5) is 4.63. The number of amidine groups is 1. The molecule has 1 heterocycles. The standard InChI is InChI=1S/C12H15IN2OS/c1-16-7-6-11-8-17-12(15-11)14-10-4-2-9(13)3-5-10/h2-5,11H,6-8H2,1H3,(H,14,15). The lowest BCUT2D eigenvalue weighted by Crippen LogP contribution is -2.07. The Bertz CT molecular complexity index is 394. The van der Waals surface area contributed by atoms with E-state index in [9.17, 15) is 0 Å². The van der Waals surface area contributed by atoms with Crippen molar-refractivity contribution in [2.24, 2.45) is 4.99 Å². The summed E-state index contributed by atoms with van der Waals surface area (Å²) < 4.78 is 6.31. The fourth-order valence-corrected chi connectivity index (χ4v) is 2.91. The Kier molecular flexibility index (Phi) is 5.12. The van der Waals surface area contributed by atoms with Crippen LogP contribution in [0.3, 0.4) is 0 Å². The maximum atomic E-state index is 5.07. The van der Waals surface area contributed by atoms with E-state index < -0.39 is 0 Å². The summed E-state index contributed by atoms with van der Waals surface area (Å²) in [5.41, 5.74) is 1.10. The van der Waals surface area contributed by atoms with Crippen LogP contribution in [0.15, 0.2) is 29.3 Å². The second kappa shape index (κ2) is 6.61. The molecule has 3 nitrogen and oxygen atoms in total. The first kappa shape index (κ1) is 13.2. The highest BCUT2D eigenvalue weighted by Gasteiger charge is 2.17. The summed E-state index contributed by atoms with van der Waals surface area (Å²) >= 11 is 4.08. The second-order valence-electron chi connectivity index (χ2n) is 3.81. The molecule has 0 spiro atoms.